The number of hydrogen-bond donors (Lipinski definition) is 1. The largest absolute Gasteiger partial charge is 0.496 e. The van der Waals surface area contributed by atoms with Crippen molar-refractivity contribution in [2.45, 2.75) is 39.3 Å². The van der Waals surface area contributed by atoms with E-state index in [0.717, 1.165) is 22.9 Å². The average Bonchev–Trinajstić information content (AvgIpc) is 2.81. The fourth-order valence-corrected chi connectivity index (χ4v) is 3.26. The molecule has 7 nitrogen and oxygen atoms in total. The molecule has 0 spiro atoms. The average molecular weight is 507 g/mol. The van der Waals surface area contributed by atoms with Crippen LogP contribution in [-0.2, 0) is 16.1 Å². The van der Waals surface area contributed by atoms with Gasteiger partial charge in [-0.25, -0.2) is 0 Å². The summed E-state index contributed by atoms with van der Waals surface area (Å²) in [7, 11) is 3.09. The molecule has 174 valence electrons. The Morgan fingerprint density at radius 3 is 2.19 bits per heavy atom. The van der Waals surface area contributed by atoms with E-state index in [1.165, 1.54) is 4.90 Å². The number of benzene rings is 2. The molecule has 1 N–H and O–H groups in total. The summed E-state index contributed by atoms with van der Waals surface area (Å²) in [5, 5.41) is 2.90. The number of halogens is 1. The third-order valence-corrected chi connectivity index (χ3v) is 5.48. The van der Waals surface area contributed by atoms with Crippen LogP contribution in [0.1, 0.15) is 32.3 Å². The van der Waals surface area contributed by atoms with Gasteiger partial charge in [-0.3, -0.25) is 9.59 Å². The molecule has 2 amide bonds. The number of unbranched alkanes of at least 4 members (excludes halogenated alkanes) is 1. The summed E-state index contributed by atoms with van der Waals surface area (Å²) in [6, 6.07) is 12.1. The lowest BCUT2D eigenvalue weighted by molar-refractivity contribution is -0.142. The highest BCUT2D eigenvalue weighted by molar-refractivity contribution is 9.10. The molecule has 0 fully saturated rings. The van der Waals surface area contributed by atoms with Gasteiger partial charge in [0.25, 0.3) is 5.91 Å². The maximum absolute atomic E-state index is 13.1. The topological polar surface area (TPSA) is 77.1 Å². The first-order valence-corrected chi connectivity index (χ1v) is 11.3. The Hall–Kier alpha value is -2.74. The van der Waals surface area contributed by atoms with Crippen LogP contribution in [0.15, 0.2) is 46.9 Å². The molecular weight excluding hydrogens is 476 g/mol. The molecule has 0 aliphatic rings. The van der Waals surface area contributed by atoms with Crippen LogP contribution in [0.3, 0.4) is 0 Å². The number of hydrogen-bond acceptors (Lipinski definition) is 5. The molecule has 0 aromatic heterocycles. The van der Waals surface area contributed by atoms with Crippen molar-refractivity contribution in [1.82, 2.24) is 10.2 Å². The van der Waals surface area contributed by atoms with Gasteiger partial charge >= 0.3 is 0 Å². The molecule has 0 heterocycles. The molecule has 2 rings (SSSR count). The molecule has 0 radical (unpaired) electrons. The molecule has 0 saturated heterocycles. The van der Waals surface area contributed by atoms with E-state index < -0.39 is 6.04 Å². The predicted octanol–water partition coefficient (Wildman–Crippen LogP) is 4.18. The lowest BCUT2D eigenvalue weighted by atomic mass is 10.1. The number of carbonyl (C=O) groups is 2. The van der Waals surface area contributed by atoms with E-state index in [1.807, 2.05) is 24.3 Å². The van der Waals surface area contributed by atoms with Gasteiger partial charge in [0, 0.05) is 35.8 Å². The van der Waals surface area contributed by atoms with Crippen LogP contribution in [0, 0.1) is 0 Å². The number of nitrogens with zero attached hydrogens (tertiary/aromatic N) is 1. The monoisotopic (exact) mass is 506 g/mol. The summed E-state index contributed by atoms with van der Waals surface area (Å²) in [5.74, 6) is 1.07. The zero-order chi connectivity index (χ0) is 23.5. The Kier molecular flexibility index (Phi) is 10.3. The summed E-state index contributed by atoms with van der Waals surface area (Å²) in [6.45, 7) is 4.44. The minimum Gasteiger partial charge on any atom is -0.496 e. The molecule has 8 heteroatoms. The van der Waals surface area contributed by atoms with E-state index >= 15 is 0 Å². The fourth-order valence-electron chi connectivity index (χ4n) is 3.00. The minimum atomic E-state index is -0.647. The highest BCUT2D eigenvalue weighted by Gasteiger charge is 2.26. The lowest BCUT2D eigenvalue weighted by Gasteiger charge is -2.29. The van der Waals surface area contributed by atoms with Crippen LogP contribution < -0.4 is 19.5 Å². The summed E-state index contributed by atoms with van der Waals surface area (Å²) < 4.78 is 17.2. The van der Waals surface area contributed by atoms with E-state index in [-0.39, 0.29) is 18.4 Å². The lowest BCUT2D eigenvalue weighted by Crippen LogP contribution is -2.49. The van der Waals surface area contributed by atoms with E-state index in [1.54, 1.807) is 39.3 Å². The van der Waals surface area contributed by atoms with Gasteiger partial charge in [-0.15, -0.1) is 0 Å². The zero-order valence-corrected chi connectivity index (χ0v) is 20.6. The highest BCUT2D eigenvalue weighted by Crippen LogP contribution is 2.27. The van der Waals surface area contributed by atoms with Gasteiger partial charge in [0.1, 0.15) is 23.3 Å². The number of nitrogens with one attached hydrogen (secondary N) is 1. The molecular formula is C24H31BrN2O5. The quantitative estimate of drug-likeness (QED) is 0.437. The zero-order valence-electron chi connectivity index (χ0n) is 19.0. The maximum atomic E-state index is 13.1. The number of ether oxygens (including phenoxy) is 3. The van der Waals surface area contributed by atoms with Gasteiger partial charge in [0.05, 0.1) is 14.2 Å². The second kappa shape index (κ2) is 13.0. The van der Waals surface area contributed by atoms with Crippen LogP contribution in [0.4, 0.5) is 0 Å². The number of methoxy groups -OCH3 is 2. The summed E-state index contributed by atoms with van der Waals surface area (Å²) in [5.41, 5.74) is 0.915. The normalized spacial score (nSPS) is 11.4. The van der Waals surface area contributed by atoms with Crippen LogP contribution >= 0.6 is 15.9 Å². The van der Waals surface area contributed by atoms with Crippen molar-refractivity contribution in [3.05, 3.63) is 52.5 Å². The van der Waals surface area contributed by atoms with E-state index in [2.05, 4.69) is 28.2 Å². The molecule has 0 saturated carbocycles. The smallest absolute Gasteiger partial charge is 0.261 e. The van der Waals surface area contributed by atoms with Gasteiger partial charge in [-0.05, 0) is 31.0 Å². The first kappa shape index (κ1) is 25.5. The Morgan fingerprint density at radius 1 is 1.03 bits per heavy atom. The first-order chi connectivity index (χ1) is 15.4. The van der Waals surface area contributed by atoms with E-state index in [9.17, 15) is 9.59 Å². The minimum absolute atomic E-state index is 0.188. The van der Waals surface area contributed by atoms with Gasteiger partial charge in [-0.1, -0.05) is 41.4 Å². The second-order valence-electron chi connectivity index (χ2n) is 7.31. The molecule has 0 bridgehead atoms. The molecule has 0 unspecified atom stereocenters. The molecule has 32 heavy (non-hydrogen) atoms. The van der Waals surface area contributed by atoms with Crippen LogP contribution in [0.2, 0.25) is 0 Å². The van der Waals surface area contributed by atoms with Crippen molar-refractivity contribution in [1.29, 1.82) is 0 Å². The first-order valence-electron chi connectivity index (χ1n) is 10.6. The van der Waals surface area contributed by atoms with Crippen molar-refractivity contribution >= 4 is 27.7 Å². The SMILES string of the molecule is CCCCNC(=O)[C@H](C)N(Cc1ccc(Br)cc1)C(=O)COc1cc(OC)cc(OC)c1. The number of carbonyl (C=O) groups excluding carboxylic acids is 2. The van der Waals surface area contributed by atoms with E-state index in [0.29, 0.717) is 30.3 Å². The van der Waals surface area contributed by atoms with Gasteiger partial charge in [-0.2, -0.15) is 0 Å². The molecule has 1 atom stereocenters. The van der Waals surface area contributed by atoms with Crippen molar-refractivity contribution in [2.75, 3.05) is 27.4 Å². The third-order valence-electron chi connectivity index (χ3n) is 4.95. The fraction of sp³-hybridized carbons (Fsp3) is 0.417. The van der Waals surface area contributed by atoms with Crippen LogP contribution in [0.25, 0.3) is 0 Å². The van der Waals surface area contributed by atoms with Gasteiger partial charge < -0.3 is 24.4 Å². The van der Waals surface area contributed by atoms with Crippen molar-refractivity contribution in [3.63, 3.8) is 0 Å². The molecule has 2 aromatic carbocycles. The number of amides is 2. The Balaban J connectivity index is 2.15. The van der Waals surface area contributed by atoms with Crippen molar-refractivity contribution < 1.29 is 23.8 Å². The molecule has 0 aliphatic heterocycles. The summed E-state index contributed by atoms with van der Waals surface area (Å²) >= 11 is 3.42. The highest BCUT2D eigenvalue weighted by atomic mass is 79.9. The standard InChI is InChI=1S/C24H31BrN2O5/c1-5-6-11-26-24(29)17(2)27(15-18-7-9-19(25)10-8-18)23(28)16-32-22-13-20(30-3)12-21(14-22)31-4/h7-10,12-14,17H,5-6,11,15-16H2,1-4H3,(H,26,29)/t17-/m0/s1. The second-order valence-corrected chi connectivity index (χ2v) is 8.22. The van der Waals surface area contributed by atoms with Gasteiger partial charge in [0.15, 0.2) is 6.61 Å². The molecule has 0 aliphatic carbocycles. The van der Waals surface area contributed by atoms with Crippen molar-refractivity contribution in [3.8, 4) is 17.2 Å². The predicted molar refractivity (Wildman–Crippen MR) is 127 cm³/mol. The number of rotatable bonds is 12. The Bertz CT molecular complexity index is 866. The van der Waals surface area contributed by atoms with Crippen LogP contribution in [0.5, 0.6) is 17.2 Å². The van der Waals surface area contributed by atoms with Crippen molar-refractivity contribution in [2.24, 2.45) is 0 Å². The maximum Gasteiger partial charge on any atom is 0.261 e. The van der Waals surface area contributed by atoms with Crippen LogP contribution in [-0.4, -0.2) is 50.1 Å². The summed E-state index contributed by atoms with van der Waals surface area (Å²) in [4.78, 5) is 27.3. The summed E-state index contributed by atoms with van der Waals surface area (Å²) in [6.07, 6.45) is 1.87. The van der Waals surface area contributed by atoms with Gasteiger partial charge in [0.2, 0.25) is 5.91 Å². The van der Waals surface area contributed by atoms with E-state index in [4.69, 9.17) is 14.2 Å². The molecule has 2 aromatic rings. The third kappa shape index (κ3) is 7.75. The Labute approximate surface area is 198 Å². The Morgan fingerprint density at radius 2 is 1.62 bits per heavy atom.